The smallest absolute Gasteiger partial charge is 0.341 e. The maximum atomic E-state index is 13.3. The summed E-state index contributed by atoms with van der Waals surface area (Å²) in [4.78, 5) is 39.8. The molecule has 1 aromatic heterocycles. The van der Waals surface area contributed by atoms with Crippen LogP contribution in [-0.4, -0.2) is 29.6 Å². The number of ether oxygens (including phenoxy) is 1. The van der Waals surface area contributed by atoms with Crippen LogP contribution in [0.4, 0.5) is 10.7 Å². The lowest BCUT2D eigenvalue weighted by atomic mass is 9.88. The SMILES string of the molecule is CCOC(=O)c1c(-c2ccccc2)csc1NC(=O)C(CC)Sc1cccc(NC(=O)C2CCCCC2)c1. The molecule has 1 saturated carbocycles. The van der Waals surface area contributed by atoms with Crippen molar-refractivity contribution in [1.82, 2.24) is 0 Å². The van der Waals surface area contributed by atoms with Gasteiger partial charge in [-0.05, 0) is 49.9 Å². The van der Waals surface area contributed by atoms with Gasteiger partial charge in [0.1, 0.15) is 10.6 Å². The Morgan fingerprint density at radius 2 is 1.76 bits per heavy atom. The molecule has 8 heteroatoms. The lowest BCUT2D eigenvalue weighted by molar-refractivity contribution is -0.120. The normalized spacial score (nSPS) is 14.5. The van der Waals surface area contributed by atoms with E-state index in [4.69, 9.17) is 4.74 Å². The summed E-state index contributed by atoms with van der Waals surface area (Å²) in [7, 11) is 0. The molecule has 0 spiro atoms. The van der Waals surface area contributed by atoms with Gasteiger partial charge in [0.05, 0.1) is 11.9 Å². The molecule has 0 saturated heterocycles. The van der Waals surface area contributed by atoms with Gasteiger partial charge in [-0.25, -0.2) is 4.79 Å². The summed E-state index contributed by atoms with van der Waals surface area (Å²) < 4.78 is 5.32. The van der Waals surface area contributed by atoms with Gasteiger partial charge >= 0.3 is 5.97 Å². The van der Waals surface area contributed by atoms with Crippen LogP contribution >= 0.6 is 23.1 Å². The highest BCUT2D eigenvalue weighted by Gasteiger charge is 2.26. The van der Waals surface area contributed by atoms with E-state index in [1.54, 1.807) is 6.92 Å². The van der Waals surface area contributed by atoms with Crippen LogP contribution in [0.25, 0.3) is 11.1 Å². The van der Waals surface area contributed by atoms with Gasteiger partial charge in [-0.2, -0.15) is 0 Å². The molecule has 0 aliphatic heterocycles. The summed E-state index contributed by atoms with van der Waals surface area (Å²) in [6.07, 6.45) is 5.91. The van der Waals surface area contributed by atoms with E-state index in [1.807, 2.05) is 66.9 Å². The first-order chi connectivity index (χ1) is 18.5. The third-order valence-electron chi connectivity index (χ3n) is 6.61. The predicted molar refractivity (Wildman–Crippen MR) is 156 cm³/mol. The second-order valence-corrected chi connectivity index (χ2v) is 11.5. The van der Waals surface area contributed by atoms with Gasteiger partial charge in [-0.3, -0.25) is 9.59 Å². The summed E-state index contributed by atoms with van der Waals surface area (Å²) in [6.45, 7) is 3.97. The number of anilines is 2. The molecule has 1 aliphatic carbocycles. The van der Waals surface area contributed by atoms with Crippen molar-refractivity contribution in [3.63, 3.8) is 0 Å². The predicted octanol–water partition coefficient (Wildman–Crippen LogP) is 7.62. The van der Waals surface area contributed by atoms with Crippen LogP contribution in [0.3, 0.4) is 0 Å². The van der Waals surface area contributed by atoms with Crippen molar-refractivity contribution in [2.75, 3.05) is 17.2 Å². The number of benzene rings is 2. The summed E-state index contributed by atoms with van der Waals surface area (Å²) in [6, 6.07) is 17.3. The van der Waals surface area contributed by atoms with Crippen LogP contribution in [0.2, 0.25) is 0 Å². The molecule has 2 amide bonds. The van der Waals surface area contributed by atoms with E-state index in [2.05, 4.69) is 10.6 Å². The summed E-state index contributed by atoms with van der Waals surface area (Å²) in [5.41, 5.74) is 2.76. The molecule has 2 N–H and O–H groups in total. The van der Waals surface area contributed by atoms with Crippen LogP contribution in [0.5, 0.6) is 0 Å². The zero-order chi connectivity index (χ0) is 26.9. The average Bonchev–Trinajstić information content (AvgIpc) is 3.36. The first kappa shape index (κ1) is 27.9. The molecule has 3 aromatic rings. The minimum atomic E-state index is -0.454. The maximum Gasteiger partial charge on any atom is 0.341 e. The highest BCUT2D eigenvalue weighted by Crippen LogP contribution is 2.37. The van der Waals surface area contributed by atoms with Gasteiger partial charge in [0, 0.05) is 27.4 Å². The van der Waals surface area contributed by atoms with Crippen molar-refractivity contribution in [1.29, 1.82) is 0 Å². The molecule has 200 valence electrons. The van der Waals surface area contributed by atoms with Gasteiger partial charge in [-0.15, -0.1) is 23.1 Å². The van der Waals surface area contributed by atoms with Gasteiger partial charge < -0.3 is 15.4 Å². The largest absolute Gasteiger partial charge is 0.462 e. The minimum absolute atomic E-state index is 0.0781. The topological polar surface area (TPSA) is 84.5 Å². The molecule has 1 aliphatic rings. The number of nitrogens with one attached hydrogen (secondary N) is 2. The van der Waals surface area contributed by atoms with Gasteiger partial charge in [0.15, 0.2) is 0 Å². The van der Waals surface area contributed by atoms with Crippen LogP contribution in [0.1, 0.15) is 62.7 Å². The molecule has 2 aromatic carbocycles. The Labute approximate surface area is 232 Å². The fourth-order valence-corrected chi connectivity index (χ4v) is 6.59. The molecular weight excluding hydrogens is 516 g/mol. The zero-order valence-electron chi connectivity index (χ0n) is 21.8. The number of hydrogen-bond acceptors (Lipinski definition) is 6. The van der Waals surface area contributed by atoms with E-state index in [-0.39, 0.29) is 29.6 Å². The molecule has 1 unspecified atom stereocenters. The fourth-order valence-electron chi connectivity index (χ4n) is 4.62. The van der Waals surface area contributed by atoms with Crippen LogP contribution in [0, 0.1) is 5.92 Å². The maximum absolute atomic E-state index is 13.3. The molecule has 6 nitrogen and oxygen atoms in total. The summed E-state index contributed by atoms with van der Waals surface area (Å²) in [5.74, 6) is -0.476. The van der Waals surface area contributed by atoms with E-state index in [0.29, 0.717) is 17.0 Å². The number of carbonyl (C=O) groups excluding carboxylic acids is 3. The van der Waals surface area contributed by atoms with Crippen LogP contribution in [0.15, 0.2) is 64.9 Å². The third kappa shape index (κ3) is 7.05. The Hall–Kier alpha value is -3.10. The van der Waals surface area contributed by atoms with Crippen molar-refractivity contribution in [2.24, 2.45) is 5.92 Å². The second kappa shape index (κ2) is 13.6. The minimum Gasteiger partial charge on any atom is -0.462 e. The first-order valence-electron chi connectivity index (χ1n) is 13.2. The molecule has 1 atom stereocenters. The fraction of sp³-hybridized carbons (Fsp3) is 0.367. The summed E-state index contributed by atoms with van der Waals surface area (Å²) >= 11 is 2.77. The average molecular weight is 551 g/mol. The number of thioether (sulfide) groups is 1. The van der Waals surface area contributed by atoms with E-state index in [9.17, 15) is 14.4 Å². The molecule has 1 heterocycles. The van der Waals surface area contributed by atoms with Crippen LogP contribution in [-0.2, 0) is 14.3 Å². The van der Waals surface area contributed by atoms with Gasteiger partial charge in [-0.1, -0.05) is 62.6 Å². The molecule has 38 heavy (non-hydrogen) atoms. The Morgan fingerprint density at radius 3 is 2.47 bits per heavy atom. The number of carbonyl (C=O) groups is 3. The molecule has 0 bridgehead atoms. The Morgan fingerprint density at radius 1 is 1.00 bits per heavy atom. The molecule has 1 fully saturated rings. The van der Waals surface area contributed by atoms with Gasteiger partial charge in [0.2, 0.25) is 11.8 Å². The quantitative estimate of drug-likeness (QED) is 0.200. The number of rotatable bonds is 10. The number of hydrogen-bond donors (Lipinski definition) is 2. The van der Waals surface area contributed by atoms with Crippen molar-refractivity contribution < 1.29 is 19.1 Å². The second-order valence-electron chi connectivity index (χ2n) is 9.30. The van der Waals surface area contributed by atoms with Crippen LogP contribution < -0.4 is 10.6 Å². The lowest BCUT2D eigenvalue weighted by Gasteiger charge is -2.21. The van der Waals surface area contributed by atoms with Gasteiger partial charge in [0.25, 0.3) is 0 Å². The zero-order valence-corrected chi connectivity index (χ0v) is 23.5. The van der Waals surface area contributed by atoms with E-state index in [1.165, 1.54) is 29.5 Å². The van der Waals surface area contributed by atoms with E-state index < -0.39 is 5.97 Å². The standard InChI is InChI=1S/C30H34N2O4S2/c1-3-25(38-23-17-11-16-22(18-23)31-27(33)21-14-9-6-10-15-21)28(34)32-29-26(30(35)36-4-2)24(19-37-29)20-12-7-5-8-13-20/h5,7-8,11-13,16-19,21,25H,3-4,6,9-10,14-15H2,1-2H3,(H,31,33)(H,32,34). The lowest BCUT2D eigenvalue weighted by Crippen LogP contribution is -2.25. The Balaban J connectivity index is 1.47. The Bertz CT molecular complexity index is 1250. The van der Waals surface area contributed by atoms with Crippen molar-refractivity contribution in [2.45, 2.75) is 62.5 Å². The van der Waals surface area contributed by atoms with E-state index >= 15 is 0 Å². The van der Waals surface area contributed by atoms with E-state index in [0.717, 1.165) is 47.4 Å². The molecule has 4 rings (SSSR count). The number of esters is 1. The highest BCUT2D eigenvalue weighted by atomic mass is 32.2. The monoisotopic (exact) mass is 550 g/mol. The van der Waals surface area contributed by atoms with Crippen molar-refractivity contribution >= 4 is 51.6 Å². The number of amides is 2. The highest BCUT2D eigenvalue weighted by molar-refractivity contribution is 8.00. The number of thiophene rings is 1. The first-order valence-corrected chi connectivity index (χ1v) is 15.0. The summed E-state index contributed by atoms with van der Waals surface area (Å²) in [5, 5.41) is 8.04. The third-order valence-corrected chi connectivity index (χ3v) is 8.86. The molecular formula is C30H34N2O4S2. The van der Waals surface area contributed by atoms with Crippen molar-refractivity contribution in [3.05, 3.63) is 65.5 Å². The van der Waals surface area contributed by atoms with Crippen molar-refractivity contribution in [3.8, 4) is 11.1 Å². The Kier molecular flexibility index (Phi) is 10.0. The molecule has 0 radical (unpaired) electrons.